The lowest BCUT2D eigenvalue weighted by molar-refractivity contribution is -0.384. The van der Waals surface area contributed by atoms with E-state index < -0.39 is 22.6 Å². The minimum atomic E-state index is -0.698. The van der Waals surface area contributed by atoms with Gasteiger partial charge in [-0.2, -0.15) is 0 Å². The van der Waals surface area contributed by atoms with Crippen LogP contribution in [0.2, 0.25) is 10.0 Å². The van der Waals surface area contributed by atoms with Crippen LogP contribution in [0.1, 0.15) is 10.4 Å². The van der Waals surface area contributed by atoms with Crippen molar-refractivity contribution in [1.82, 2.24) is 4.90 Å². The highest BCUT2D eigenvalue weighted by molar-refractivity contribution is 6.43. The Bertz CT molecular complexity index is 529. The Balaban J connectivity index is 2.34. The molecular formula is C10H8Cl2N2O4. The molecule has 1 N–H and O–H groups in total. The molecule has 0 saturated carbocycles. The molecule has 1 aliphatic heterocycles. The van der Waals surface area contributed by atoms with Gasteiger partial charge in [-0.3, -0.25) is 14.9 Å². The normalized spacial score (nSPS) is 15.4. The highest BCUT2D eigenvalue weighted by Gasteiger charge is 2.31. The second kappa shape index (κ2) is 4.72. The van der Waals surface area contributed by atoms with E-state index in [2.05, 4.69) is 0 Å². The third-order valence-corrected chi connectivity index (χ3v) is 3.39. The van der Waals surface area contributed by atoms with Gasteiger partial charge in [-0.1, -0.05) is 23.2 Å². The van der Waals surface area contributed by atoms with Gasteiger partial charge in [-0.15, -0.1) is 0 Å². The smallest absolute Gasteiger partial charge is 0.290 e. The first kappa shape index (κ1) is 13.1. The maximum absolute atomic E-state index is 11.9. The second-order valence-corrected chi connectivity index (χ2v) is 4.70. The number of rotatable bonds is 2. The SMILES string of the molecule is O=C(c1cc(Cl)c(Cl)c([N+](=O)[O-])c1)N1CC(O)C1. The fourth-order valence-electron chi connectivity index (χ4n) is 1.63. The van der Waals surface area contributed by atoms with Crippen LogP contribution < -0.4 is 0 Å². The van der Waals surface area contributed by atoms with E-state index in [0.717, 1.165) is 6.07 Å². The minimum absolute atomic E-state index is 0.0460. The summed E-state index contributed by atoms with van der Waals surface area (Å²) < 4.78 is 0. The van der Waals surface area contributed by atoms with Gasteiger partial charge in [0, 0.05) is 24.7 Å². The van der Waals surface area contributed by atoms with E-state index in [4.69, 9.17) is 28.3 Å². The third kappa shape index (κ3) is 2.27. The molecule has 0 radical (unpaired) electrons. The van der Waals surface area contributed by atoms with Crippen LogP contribution in [0.4, 0.5) is 5.69 Å². The molecule has 1 saturated heterocycles. The maximum atomic E-state index is 11.9. The van der Waals surface area contributed by atoms with Crippen molar-refractivity contribution in [3.63, 3.8) is 0 Å². The van der Waals surface area contributed by atoms with Crippen molar-refractivity contribution in [3.05, 3.63) is 37.9 Å². The molecule has 0 aliphatic carbocycles. The van der Waals surface area contributed by atoms with E-state index in [9.17, 15) is 14.9 Å². The van der Waals surface area contributed by atoms with Crippen molar-refractivity contribution in [1.29, 1.82) is 0 Å². The molecule has 0 spiro atoms. The van der Waals surface area contributed by atoms with Gasteiger partial charge in [-0.05, 0) is 6.07 Å². The van der Waals surface area contributed by atoms with E-state index in [1.807, 2.05) is 0 Å². The second-order valence-electron chi connectivity index (χ2n) is 3.91. The molecular weight excluding hydrogens is 283 g/mol. The van der Waals surface area contributed by atoms with Crippen LogP contribution in [0.15, 0.2) is 12.1 Å². The number of β-amino-alcohol motifs (C(OH)–C–C–N with tert-alkyl or cyclic N) is 1. The number of nitrogens with zero attached hydrogens (tertiary/aromatic N) is 2. The molecule has 1 fully saturated rings. The van der Waals surface area contributed by atoms with Crippen LogP contribution in [0, 0.1) is 10.1 Å². The molecule has 1 aliphatic rings. The van der Waals surface area contributed by atoms with Gasteiger partial charge in [0.2, 0.25) is 0 Å². The number of amides is 1. The molecule has 96 valence electrons. The molecule has 0 unspecified atom stereocenters. The van der Waals surface area contributed by atoms with Crippen LogP contribution in [0.25, 0.3) is 0 Å². The first-order valence-corrected chi connectivity index (χ1v) is 5.76. The monoisotopic (exact) mass is 290 g/mol. The number of likely N-dealkylation sites (tertiary alicyclic amines) is 1. The number of halogens is 2. The summed E-state index contributed by atoms with van der Waals surface area (Å²) in [6.07, 6.45) is -0.535. The van der Waals surface area contributed by atoms with Crippen molar-refractivity contribution in [2.24, 2.45) is 0 Å². The molecule has 1 heterocycles. The minimum Gasteiger partial charge on any atom is -0.389 e. The molecule has 2 rings (SSSR count). The standard InChI is InChI=1S/C10H8Cl2N2O4/c11-7-1-5(2-8(9(7)12)14(17)18)10(16)13-3-6(15)4-13/h1-2,6,15H,3-4H2. The van der Waals surface area contributed by atoms with Crippen LogP contribution in [0.3, 0.4) is 0 Å². The number of hydrogen-bond donors (Lipinski definition) is 1. The zero-order chi connectivity index (χ0) is 13.4. The molecule has 8 heteroatoms. The van der Waals surface area contributed by atoms with Gasteiger partial charge < -0.3 is 10.0 Å². The number of hydrogen-bond acceptors (Lipinski definition) is 4. The van der Waals surface area contributed by atoms with Gasteiger partial charge in [-0.25, -0.2) is 0 Å². The first-order valence-electron chi connectivity index (χ1n) is 5.01. The quantitative estimate of drug-likeness (QED) is 0.664. The number of nitro benzene ring substituents is 1. The van der Waals surface area contributed by atoms with Crippen molar-refractivity contribution < 1.29 is 14.8 Å². The third-order valence-electron chi connectivity index (χ3n) is 2.60. The first-order chi connectivity index (χ1) is 8.40. The van der Waals surface area contributed by atoms with Crippen molar-refractivity contribution in [3.8, 4) is 0 Å². The molecule has 6 nitrogen and oxygen atoms in total. The summed E-state index contributed by atoms with van der Waals surface area (Å²) in [4.78, 5) is 23.3. The van der Waals surface area contributed by atoms with Crippen LogP contribution in [-0.2, 0) is 0 Å². The number of nitro groups is 1. The Morgan fingerprint density at radius 1 is 1.44 bits per heavy atom. The zero-order valence-corrected chi connectivity index (χ0v) is 10.5. The van der Waals surface area contributed by atoms with Gasteiger partial charge in [0.05, 0.1) is 16.0 Å². The Labute approximate surface area is 112 Å². The average Bonchev–Trinajstić information content (AvgIpc) is 2.27. The highest BCUT2D eigenvalue weighted by Crippen LogP contribution is 2.33. The van der Waals surface area contributed by atoms with E-state index in [1.54, 1.807) is 0 Å². The number of aliphatic hydroxyl groups excluding tert-OH is 1. The molecule has 18 heavy (non-hydrogen) atoms. The summed E-state index contributed by atoms with van der Waals surface area (Å²) in [7, 11) is 0. The fourth-order valence-corrected chi connectivity index (χ4v) is 2.03. The maximum Gasteiger partial charge on any atom is 0.290 e. The van der Waals surface area contributed by atoms with Gasteiger partial charge in [0.1, 0.15) is 5.02 Å². The predicted octanol–water partition coefficient (Wildman–Crippen LogP) is 1.72. The van der Waals surface area contributed by atoms with Crippen LogP contribution >= 0.6 is 23.2 Å². The van der Waals surface area contributed by atoms with Crippen LogP contribution in [0.5, 0.6) is 0 Å². The Morgan fingerprint density at radius 2 is 2.06 bits per heavy atom. The highest BCUT2D eigenvalue weighted by atomic mass is 35.5. The predicted molar refractivity (Wildman–Crippen MR) is 65.0 cm³/mol. The summed E-state index contributed by atoms with van der Waals surface area (Å²) in [5.41, 5.74) is -0.323. The van der Waals surface area contributed by atoms with Crippen molar-refractivity contribution in [2.75, 3.05) is 13.1 Å². The summed E-state index contributed by atoms with van der Waals surface area (Å²) in [6, 6.07) is 2.37. The van der Waals surface area contributed by atoms with E-state index in [-0.39, 0.29) is 28.7 Å². The molecule has 1 amide bonds. The Morgan fingerprint density at radius 3 is 2.56 bits per heavy atom. The number of benzene rings is 1. The van der Waals surface area contributed by atoms with E-state index in [0.29, 0.717) is 0 Å². The van der Waals surface area contributed by atoms with Crippen molar-refractivity contribution >= 4 is 34.8 Å². The van der Waals surface area contributed by atoms with Crippen LogP contribution in [-0.4, -0.2) is 40.0 Å². The number of carbonyl (C=O) groups excluding carboxylic acids is 1. The average molecular weight is 291 g/mol. The number of carbonyl (C=O) groups is 1. The molecule has 1 aromatic rings. The summed E-state index contributed by atoms with van der Waals surface area (Å²) in [5, 5.41) is 19.6. The lowest BCUT2D eigenvalue weighted by atomic mass is 10.1. The van der Waals surface area contributed by atoms with Crippen molar-refractivity contribution in [2.45, 2.75) is 6.10 Å². The van der Waals surface area contributed by atoms with E-state index in [1.165, 1.54) is 11.0 Å². The fraction of sp³-hybridized carbons (Fsp3) is 0.300. The van der Waals surface area contributed by atoms with Gasteiger partial charge in [0.25, 0.3) is 11.6 Å². The summed E-state index contributed by atoms with van der Waals surface area (Å²) in [6.45, 7) is 0.430. The lowest BCUT2D eigenvalue weighted by Gasteiger charge is -2.35. The number of aliphatic hydroxyl groups is 1. The summed E-state index contributed by atoms with van der Waals surface area (Å²) >= 11 is 11.4. The molecule has 0 atom stereocenters. The molecule has 0 aromatic heterocycles. The van der Waals surface area contributed by atoms with Gasteiger partial charge >= 0.3 is 0 Å². The molecule has 0 bridgehead atoms. The largest absolute Gasteiger partial charge is 0.389 e. The topological polar surface area (TPSA) is 83.7 Å². The van der Waals surface area contributed by atoms with Gasteiger partial charge in [0.15, 0.2) is 0 Å². The Kier molecular flexibility index (Phi) is 3.43. The Hall–Kier alpha value is -1.37. The zero-order valence-electron chi connectivity index (χ0n) is 8.97. The van der Waals surface area contributed by atoms with E-state index >= 15 is 0 Å². The molecule has 1 aromatic carbocycles. The summed E-state index contributed by atoms with van der Waals surface area (Å²) in [5.74, 6) is -0.415. The lowest BCUT2D eigenvalue weighted by Crippen LogP contribution is -2.53.